The summed E-state index contributed by atoms with van der Waals surface area (Å²) in [6.45, 7) is 4.81. The summed E-state index contributed by atoms with van der Waals surface area (Å²) in [5, 5.41) is 4.83. The summed E-state index contributed by atoms with van der Waals surface area (Å²) in [6.07, 6.45) is 6.02. The molecular formula is C30H32N4O3. The molecule has 1 fully saturated rings. The smallest absolute Gasteiger partial charge is 0.357 e. The Morgan fingerprint density at radius 3 is 2.35 bits per heavy atom. The van der Waals surface area contributed by atoms with Crippen LogP contribution in [-0.4, -0.2) is 33.9 Å². The number of aromatic nitrogens is 3. The fraction of sp³-hybridized carbons (Fsp3) is 0.300. The summed E-state index contributed by atoms with van der Waals surface area (Å²) in [6, 6.07) is 20.0. The second kappa shape index (κ2) is 11.0. The maximum absolute atomic E-state index is 13.2. The molecule has 5 rings (SSSR count). The number of ether oxygens (including phenoxy) is 2. The van der Waals surface area contributed by atoms with Crippen LogP contribution in [0.25, 0.3) is 22.4 Å². The maximum Gasteiger partial charge on any atom is 0.357 e. The molecule has 1 aliphatic carbocycles. The van der Waals surface area contributed by atoms with Crippen molar-refractivity contribution in [2.45, 2.75) is 45.3 Å². The third-order valence-corrected chi connectivity index (χ3v) is 6.67. The zero-order chi connectivity index (χ0) is 25.8. The SMILES string of the molecule is CCOC(=O)c1c(-c2ccc(OCc3ccc(C4CC4)cc3)cc2)c(-c2ccncc2)nn1C(C)CN. The number of nitrogens with zero attached hydrogens (tertiary/aromatic N) is 3. The van der Waals surface area contributed by atoms with Gasteiger partial charge in [-0.05, 0) is 73.6 Å². The normalized spacial score (nSPS) is 13.8. The summed E-state index contributed by atoms with van der Waals surface area (Å²) < 4.78 is 13.2. The molecule has 0 spiro atoms. The number of nitrogens with two attached hydrogens (primary N) is 1. The zero-order valence-corrected chi connectivity index (χ0v) is 21.3. The van der Waals surface area contributed by atoms with Crippen molar-refractivity contribution < 1.29 is 14.3 Å². The van der Waals surface area contributed by atoms with Crippen LogP contribution < -0.4 is 10.5 Å². The molecule has 2 aromatic carbocycles. The number of hydrogen-bond donors (Lipinski definition) is 1. The fourth-order valence-electron chi connectivity index (χ4n) is 4.42. The molecule has 4 aromatic rings. The Kier molecular flexibility index (Phi) is 7.32. The van der Waals surface area contributed by atoms with E-state index in [2.05, 4.69) is 29.2 Å². The maximum atomic E-state index is 13.2. The minimum Gasteiger partial charge on any atom is -0.489 e. The molecule has 0 saturated heterocycles. The van der Waals surface area contributed by atoms with E-state index in [9.17, 15) is 4.79 Å². The lowest BCUT2D eigenvalue weighted by molar-refractivity contribution is 0.0510. The van der Waals surface area contributed by atoms with Crippen molar-refractivity contribution >= 4 is 5.97 Å². The van der Waals surface area contributed by atoms with Crippen LogP contribution >= 0.6 is 0 Å². The molecule has 1 atom stereocenters. The second-order valence-corrected chi connectivity index (χ2v) is 9.39. The monoisotopic (exact) mass is 496 g/mol. The second-order valence-electron chi connectivity index (χ2n) is 9.39. The van der Waals surface area contributed by atoms with E-state index >= 15 is 0 Å². The van der Waals surface area contributed by atoms with Gasteiger partial charge in [0.2, 0.25) is 0 Å². The van der Waals surface area contributed by atoms with Gasteiger partial charge < -0.3 is 15.2 Å². The predicted octanol–water partition coefficient (Wildman–Crippen LogP) is 5.76. The average molecular weight is 497 g/mol. The molecule has 2 heterocycles. The molecule has 190 valence electrons. The molecule has 2 aromatic heterocycles. The van der Waals surface area contributed by atoms with Crippen molar-refractivity contribution in [1.82, 2.24) is 14.8 Å². The highest BCUT2D eigenvalue weighted by molar-refractivity contribution is 6.00. The summed E-state index contributed by atoms with van der Waals surface area (Å²) in [5.74, 6) is 1.07. The van der Waals surface area contributed by atoms with Gasteiger partial charge in [0.1, 0.15) is 18.1 Å². The van der Waals surface area contributed by atoms with Gasteiger partial charge in [0, 0.05) is 30.1 Å². The average Bonchev–Trinajstić information content (AvgIpc) is 3.72. The standard InChI is InChI=1S/C30H32N4O3/c1-3-36-30(35)29-27(28(25-14-16-32-17-15-25)33-34(29)20(2)18-31)24-10-12-26(13-11-24)37-19-21-4-6-22(7-5-21)23-8-9-23/h4-7,10-17,20,23H,3,8-9,18-19,31H2,1-2H3. The van der Waals surface area contributed by atoms with E-state index in [0.29, 0.717) is 30.1 Å². The van der Waals surface area contributed by atoms with E-state index in [4.69, 9.17) is 20.3 Å². The van der Waals surface area contributed by atoms with Crippen molar-refractivity contribution in [3.63, 3.8) is 0 Å². The largest absolute Gasteiger partial charge is 0.489 e. The van der Waals surface area contributed by atoms with E-state index in [1.54, 1.807) is 24.0 Å². The molecule has 7 heteroatoms. The lowest BCUT2D eigenvalue weighted by Crippen LogP contribution is -2.22. The van der Waals surface area contributed by atoms with Crippen molar-refractivity contribution in [2.75, 3.05) is 13.2 Å². The van der Waals surface area contributed by atoms with Crippen LogP contribution in [0.15, 0.2) is 73.1 Å². The zero-order valence-electron chi connectivity index (χ0n) is 21.3. The van der Waals surface area contributed by atoms with Crippen LogP contribution in [0.4, 0.5) is 0 Å². The summed E-state index contributed by atoms with van der Waals surface area (Å²) >= 11 is 0. The van der Waals surface area contributed by atoms with Crippen LogP contribution in [0.2, 0.25) is 0 Å². The van der Waals surface area contributed by atoms with Crippen LogP contribution in [0.3, 0.4) is 0 Å². The minimum atomic E-state index is -0.430. The number of hydrogen-bond acceptors (Lipinski definition) is 6. The van der Waals surface area contributed by atoms with E-state index in [1.807, 2.05) is 43.3 Å². The van der Waals surface area contributed by atoms with Gasteiger partial charge in [-0.2, -0.15) is 5.10 Å². The first-order valence-electron chi connectivity index (χ1n) is 12.8. The quantitative estimate of drug-likeness (QED) is 0.281. The van der Waals surface area contributed by atoms with E-state index in [0.717, 1.165) is 28.4 Å². The number of pyridine rings is 1. The van der Waals surface area contributed by atoms with E-state index < -0.39 is 5.97 Å². The third kappa shape index (κ3) is 5.42. The van der Waals surface area contributed by atoms with Gasteiger partial charge >= 0.3 is 5.97 Å². The molecule has 0 radical (unpaired) electrons. The van der Waals surface area contributed by atoms with Crippen molar-refractivity contribution in [1.29, 1.82) is 0 Å². The molecule has 0 amide bonds. The first-order chi connectivity index (χ1) is 18.1. The summed E-state index contributed by atoms with van der Waals surface area (Å²) in [5.41, 5.74) is 12.0. The van der Waals surface area contributed by atoms with Gasteiger partial charge in [0.15, 0.2) is 5.69 Å². The van der Waals surface area contributed by atoms with Gasteiger partial charge in [-0.25, -0.2) is 4.79 Å². The van der Waals surface area contributed by atoms with Crippen molar-refractivity contribution in [2.24, 2.45) is 5.73 Å². The fourth-order valence-corrected chi connectivity index (χ4v) is 4.42. The molecule has 1 saturated carbocycles. The minimum absolute atomic E-state index is 0.192. The first-order valence-corrected chi connectivity index (χ1v) is 12.8. The summed E-state index contributed by atoms with van der Waals surface area (Å²) in [7, 11) is 0. The van der Waals surface area contributed by atoms with Gasteiger partial charge in [-0.3, -0.25) is 9.67 Å². The highest BCUT2D eigenvalue weighted by Crippen LogP contribution is 2.40. The Labute approximate surface area is 217 Å². The molecule has 0 bridgehead atoms. The van der Waals surface area contributed by atoms with Gasteiger partial charge in [0.25, 0.3) is 0 Å². The Bertz CT molecular complexity index is 1340. The van der Waals surface area contributed by atoms with Crippen molar-refractivity contribution in [3.8, 4) is 28.1 Å². The molecular weight excluding hydrogens is 464 g/mol. The Balaban J connectivity index is 1.46. The molecule has 2 N–H and O–H groups in total. The van der Waals surface area contributed by atoms with Crippen LogP contribution in [0.5, 0.6) is 5.75 Å². The van der Waals surface area contributed by atoms with Gasteiger partial charge in [-0.1, -0.05) is 36.4 Å². The molecule has 0 aliphatic heterocycles. The summed E-state index contributed by atoms with van der Waals surface area (Å²) in [4.78, 5) is 17.3. The Hall–Kier alpha value is -3.97. The number of rotatable bonds is 10. The molecule has 7 nitrogen and oxygen atoms in total. The lowest BCUT2D eigenvalue weighted by Gasteiger charge is -2.14. The molecule has 1 unspecified atom stereocenters. The Morgan fingerprint density at radius 2 is 1.73 bits per heavy atom. The van der Waals surface area contributed by atoms with Gasteiger partial charge in [-0.15, -0.1) is 0 Å². The van der Waals surface area contributed by atoms with Crippen LogP contribution in [-0.2, 0) is 11.3 Å². The predicted molar refractivity (Wildman–Crippen MR) is 143 cm³/mol. The van der Waals surface area contributed by atoms with Gasteiger partial charge in [0.05, 0.1) is 12.6 Å². The Morgan fingerprint density at radius 1 is 1.03 bits per heavy atom. The van der Waals surface area contributed by atoms with Crippen molar-refractivity contribution in [3.05, 3.63) is 89.9 Å². The number of carbonyl (C=O) groups excluding carboxylic acids is 1. The highest BCUT2D eigenvalue weighted by Gasteiger charge is 2.28. The number of carbonyl (C=O) groups is 1. The first kappa shape index (κ1) is 24.7. The number of esters is 1. The lowest BCUT2D eigenvalue weighted by atomic mass is 9.99. The van der Waals surface area contributed by atoms with E-state index in [-0.39, 0.29) is 12.6 Å². The highest BCUT2D eigenvalue weighted by atomic mass is 16.5. The molecule has 1 aliphatic rings. The number of benzene rings is 2. The third-order valence-electron chi connectivity index (χ3n) is 6.67. The topological polar surface area (TPSA) is 92.3 Å². The van der Waals surface area contributed by atoms with E-state index in [1.165, 1.54) is 18.4 Å². The molecule has 37 heavy (non-hydrogen) atoms. The van der Waals surface area contributed by atoms with Crippen LogP contribution in [0, 0.1) is 0 Å². The van der Waals surface area contributed by atoms with Crippen LogP contribution in [0.1, 0.15) is 60.3 Å².